The highest BCUT2D eigenvalue weighted by Gasteiger charge is 2.68. The Kier molecular flexibility index (Phi) is 4.92. The van der Waals surface area contributed by atoms with Gasteiger partial charge >= 0.3 is 6.18 Å². The van der Waals surface area contributed by atoms with Gasteiger partial charge in [0.05, 0.1) is 5.92 Å². The summed E-state index contributed by atoms with van der Waals surface area (Å²) in [6, 6.07) is 4.69. The third kappa shape index (κ3) is 3.27. The van der Waals surface area contributed by atoms with Crippen molar-refractivity contribution in [1.82, 2.24) is 5.01 Å². The van der Waals surface area contributed by atoms with Crippen molar-refractivity contribution in [2.75, 3.05) is 6.61 Å². The summed E-state index contributed by atoms with van der Waals surface area (Å²) in [6.07, 6.45) is -2.69. The zero-order valence-electron chi connectivity index (χ0n) is 13.8. The van der Waals surface area contributed by atoms with E-state index in [0.29, 0.717) is 19.3 Å². The second-order valence-electron chi connectivity index (χ2n) is 6.42. The number of amides is 1. The van der Waals surface area contributed by atoms with Crippen LogP contribution < -0.4 is 4.74 Å². The van der Waals surface area contributed by atoms with Gasteiger partial charge in [-0.2, -0.15) is 23.3 Å². The number of rotatable bonds is 3. The van der Waals surface area contributed by atoms with Gasteiger partial charge in [-0.25, -0.2) is 4.39 Å². The van der Waals surface area contributed by atoms with Crippen molar-refractivity contribution in [2.24, 2.45) is 11.0 Å². The van der Waals surface area contributed by atoms with Crippen molar-refractivity contribution in [3.63, 3.8) is 0 Å². The first-order chi connectivity index (χ1) is 12.2. The van der Waals surface area contributed by atoms with Crippen molar-refractivity contribution in [2.45, 2.75) is 44.0 Å². The molecule has 2 aliphatic rings. The van der Waals surface area contributed by atoms with E-state index in [0.717, 1.165) is 18.6 Å². The Morgan fingerprint density at radius 2 is 1.96 bits per heavy atom. The molecule has 0 saturated heterocycles. The molecule has 9 heteroatoms. The fourth-order valence-electron chi connectivity index (χ4n) is 3.38. The molecule has 5 nitrogen and oxygen atoms in total. The zero-order valence-corrected chi connectivity index (χ0v) is 13.8. The molecule has 1 aliphatic carbocycles. The molecule has 1 amide bonds. The molecular weight excluding hydrogens is 356 g/mol. The van der Waals surface area contributed by atoms with Crippen LogP contribution in [-0.2, 0) is 4.79 Å². The maximum atomic E-state index is 13.7. The molecule has 0 unspecified atom stereocenters. The number of ether oxygens (including phenoxy) is 1. The Labute approximate surface area is 147 Å². The fourth-order valence-corrected chi connectivity index (χ4v) is 3.38. The summed E-state index contributed by atoms with van der Waals surface area (Å²) in [4.78, 5) is 12.3. The maximum Gasteiger partial charge on any atom is 0.439 e. The van der Waals surface area contributed by atoms with Crippen molar-refractivity contribution in [1.29, 1.82) is 0 Å². The second-order valence-corrected chi connectivity index (χ2v) is 6.42. The highest BCUT2D eigenvalue weighted by molar-refractivity contribution is 5.93. The average Bonchev–Trinajstić information content (AvgIpc) is 2.74. The van der Waals surface area contributed by atoms with E-state index < -0.39 is 36.2 Å². The quantitative estimate of drug-likeness (QED) is 0.827. The summed E-state index contributed by atoms with van der Waals surface area (Å²) in [5.41, 5.74) is -3.17. The molecule has 0 bridgehead atoms. The zero-order chi connectivity index (χ0) is 18.9. The van der Waals surface area contributed by atoms with Gasteiger partial charge in [0.25, 0.3) is 11.6 Å². The number of fused-ring (bicyclic) bond motifs is 1. The van der Waals surface area contributed by atoms with Crippen LogP contribution in [0.1, 0.15) is 32.1 Å². The lowest BCUT2D eigenvalue weighted by atomic mass is 9.87. The first-order valence-corrected chi connectivity index (χ1v) is 8.31. The van der Waals surface area contributed by atoms with Crippen molar-refractivity contribution in [3.8, 4) is 5.75 Å². The number of benzene rings is 1. The first kappa shape index (κ1) is 18.6. The molecule has 1 saturated carbocycles. The molecule has 1 aromatic carbocycles. The number of nitrogens with zero attached hydrogens (tertiary/aromatic N) is 2. The van der Waals surface area contributed by atoms with Gasteiger partial charge in [0, 0.05) is 5.71 Å². The Morgan fingerprint density at radius 3 is 2.62 bits per heavy atom. The van der Waals surface area contributed by atoms with Crippen LogP contribution in [-0.4, -0.2) is 40.2 Å². The Hall–Kier alpha value is -2.16. The molecule has 0 aromatic heterocycles. The molecule has 0 radical (unpaired) electrons. The third-order valence-corrected chi connectivity index (χ3v) is 4.69. The number of carbonyl (C=O) groups is 1. The van der Waals surface area contributed by atoms with Crippen LogP contribution in [0.15, 0.2) is 29.4 Å². The predicted molar refractivity (Wildman–Crippen MR) is 83.8 cm³/mol. The minimum atomic E-state index is -5.06. The molecule has 2 atom stereocenters. The normalized spacial score (nSPS) is 26.1. The van der Waals surface area contributed by atoms with E-state index in [4.69, 9.17) is 4.74 Å². The number of hydrazone groups is 1. The summed E-state index contributed by atoms with van der Waals surface area (Å²) >= 11 is 0. The summed E-state index contributed by atoms with van der Waals surface area (Å²) in [5, 5.41) is 14.4. The standard InChI is InChI=1S/C17H18F4N2O3/c18-11-6-8-12(9-7-11)26-10-15(24)23-16(25,17(19,20)21)13-4-2-1-3-5-14(13)22-23/h6-9,13,25H,1-5,10H2/t13-,16+/m0/s1. The number of carbonyl (C=O) groups excluding carboxylic acids is 1. The molecule has 0 spiro atoms. The number of hydrogen-bond acceptors (Lipinski definition) is 4. The minimum absolute atomic E-state index is 0.109. The van der Waals surface area contributed by atoms with E-state index in [1.54, 1.807) is 0 Å². The number of hydrogen-bond donors (Lipinski definition) is 1. The van der Waals surface area contributed by atoms with Crippen LogP contribution in [0.4, 0.5) is 17.6 Å². The first-order valence-electron chi connectivity index (χ1n) is 8.31. The van der Waals surface area contributed by atoms with E-state index in [9.17, 15) is 27.5 Å². The van der Waals surface area contributed by atoms with Crippen molar-refractivity contribution >= 4 is 11.6 Å². The SMILES string of the molecule is O=C(COc1ccc(F)cc1)N1N=C2CCCCC[C@@H]2[C@@]1(O)C(F)(F)F. The van der Waals surface area contributed by atoms with Crippen LogP contribution in [0.25, 0.3) is 0 Å². The van der Waals surface area contributed by atoms with Gasteiger partial charge in [0.1, 0.15) is 11.6 Å². The lowest BCUT2D eigenvalue weighted by Gasteiger charge is -2.37. The number of alkyl halides is 3. The van der Waals surface area contributed by atoms with Gasteiger partial charge in [0.2, 0.25) is 0 Å². The minimum Gasteiger partial charge on any atom is -0.484 e. The summed E-state index contributed by atoms with van der Waals surface area (Å²) in [7, 11) is 0. The van der Waals surface area contributed by atoms with E-state index in [-0.39, 0.29) is 22.9 Å². The average molecular weight is 374 g/mol. The lowest BCUT2D eigenvalue weighted by molar-refractivity contribution is -0.317. The molecule has 1 N–H and O–H groups in total. The fraction of sp³-hybridized carbons (Fsp3) is 0.529. The van der Waals surface area contributed by atoms with Crippen LogP contribution in [0.3, 0.4) is 0 Å². The molecule has 1 fully saturated rings. The summed E-state index contributed by atoms with van der Waals surface area (Å²) in [6.45, 7) is -0.756. The third-order valence-electron chi connectivity index (χ3n) is 4.69. The topological polar surface area (TPSA) is 62.1 Å². The van der Waals surface area contributed by atoms with Gasteiger partial charge in [-0.3, -0.25) is 4.79 Å². The van der Waals surface area contributed by atoms with Crippen LogP contribution in [0.2, 0.25) is 0 Å². The van der Waals surface area contributed by atoms with Gasteiger partial charge in [0.15, 0.2) is 6.61 Å². The highest BCUT2D eigenvalue weighted by Crippen LogP contribution is 2.47. The van der Waals surface area contributed by atoms with E-state index in [1.165, 1.54) is 12.1 Å². The van der Waals surface area contributed by atoms with E-state index in [1.807, 2.05) is 0 Å². The monoisotopic (exact) mass is 374 g/mol. The molecule has 1 aromatic rings. The second kappa shape index (κ2) is 6.86. The Balaban J connectivity index is 1.81. The van der Waals surface area contributed by atoms with Gasteiger partial charge in [-0.05, 0) is 43.5 Å². The molecular formula is C17H18F4N2O3. The Bertz CT molecular complexity index is 705. The van der Waals surface area contributed by atoms with Crippen LogP contribution in [0.5, 0.6) is 5.75 Å². The molecule has 142 valence electrons. The maximum absolute atomic E-state index is 13.7. The Morgan fingerprint density at radius 1 is 1.27 bits per heavy atom. The summed E-state index contributed by atoms with van der Waals surface area (Å²) in [5.74, 6) is -2.77. The molecule has 1 aliphatic heterocycles. The van der Waals surface area contributed by atoms with E-state index >= 15 is 0 Å². The van der Waals surface area contributed by atoms with Gasteiger partial charge in [-0.15, -0.1) is 0 Å². The summed E-state index contributed by atoms with van der Waals surface area (Å²) < 4.78 is 59.0. The smallest absolute Gasteiger partial charge is 0.439 e. The highest BCUT2D eigenvalue weighted by atomic mass is 19.4. The molecule has 1 heterocycles. The molecule has 26 heavy (non-hydrogen) atoms. The lowest BCUT2D eigenvalue weighted by Crippen LogP contribution is -2.61. The number of aliphatic hydroxyl groups is 1. The van der Waals surface area contributed by atoms with Crippen LogP contribution in [0, 0.1) is 11.7 Å². The largest absolute Gasteiger partial charge is 0.484 e. The van der Waals surface area contributed by atoms with Crippen LogP contribution >= 0.6 is 0 Å². The van der Waals surface area contributed by atoms with Crippen molar-refractivity contribution in [3.05, 3.63) is 30.1 Å². The molecule has 3 rings (SSSR count). The van der Waals surface area contributed by atoms with Gasteiger partial charge in [-0.1, -0.05) is 12.8 Å². The number of halogens is 4. The predicted octanol–water partition coefficient (Wildman–Crippen LogP) is 3.23. The van der Waals surface area contributed by atoms with E-state index in [2.05, 4.69) is 5.10 Å². The van der Waals surface area contributed by atoms with Gasteiger partial charge < -0.3 is 9.84 Å². The van der Waals surface area contributed by atoms with Crippen molar-refractivity contribution < 1.29 is 32.2 Å².